The lowest BCUT2D eigenvalue weighted by Gasteiger charge is -2.09. The first-order valence-electron chi connectivity index (χ1n) is 5.68. The average Bonchev–Trinajstić information content (AvgIpc) is 2.87. The Balaban J connectivity index is 1.83. The van der Waals surface area contributed by atoms with Crippen molar-refractivity contribution in [2.24, 2.45) is 0 Å². The highest BCUT2D eigenvalue weighted by atomic mass is 19.4. The predicted molar refractivity (Wildman–Crippen MR) is 62.4 cm³/mol. The Labute approximate surface area is 107 Å². The van der Waals surface area contributed by atoms with Gasteiger partial charge in [0.05, 0.1) is 6.20 Å². The second-order valence-corrected chi connectivity index (χ2v) is 3.85. The van der Waals surface area contributed by atoms with Crippen molar-refractivity contribution in [2.45, 2.75) is 19.1 Å². The molecule has 0 bridgehead atoms. The van der Waals surface area contributed by atoms with E-state index in [0.717, 1.165) is 6.07 Å². The summed E-state index contributed by atoms with van der Waals surface area (Å²) in [4.78, 5) is 3.51. The van der Waals surface area contributed by atoms with Crippen LogP contribution in [0.25, 0.3) is 0 Å². The van der Waals surface area contributed by atoms with Crippen LogP contribution in [0.15, 0.2) is 30.6 Å². The summed E-state index contributed by atoms with van der Waals surface area (Å²) >= 11 is 0. The van der Waals surface area contributed by atoms with Gasteiger partial charge in [-0.25, -0.2) is 4.98 Å². The van der Waals surface area contributed by atoms with Gasteiger partial charge < -0.3 is 5.32 Å². The topological polar surface area (TPSA) is 55.6 Å². The van der Waals surface area contributed by atoms with Crippen molar-refractivity contribution in [1.82, 2.24) is 20.0 Å². The number of hydrogen-bond acceptors (Lipinski definition) is 4. The van der Waals surface area contributed by atoms with E-state index in [4.69, 9.17) is 0 Å². The van der Waals surface area contributed by atoms with Crippen LogP contribution in [0.5, 0.6) is 0 Å². The molecule has 102 valence electrons. The Hall–Kier alpha value is -2.12. The molecule has 0 aliphatic carbocycles. The molecule has 8 heteroatoms. The summed E-state index contributed by atoms with van der Waals surface area (Å²) in [5.41, 5.74) is -0.895. The van der Waals surface area contributed by atoms with Crippen LogP contribution in [0.2, 0.25) is 0 Å². The molecule has 2 heterocycles. The van der Waals surface area contributed by atoms with Crippen molar-refractivity contribution < 1.29 is 13.2 Å². The Morgan fingerprint density at radius 2 is 2.11 bits per heavy atom. The smallest absolute Gasteiger partial charge is 0.370 e. The molecule has 0 aromatic carbocycles. The molecule has 0 spiro atoms. The number of alkyl halides is 3. The van der Waals surface area contributed by atoms with Crippen LogP contribution < -0.4 is 5.32 Å². The molecule has 0 aliphatic heterocycles. The van der Waals surface area contributed by atoms with Crippen LogP contribution in [0.3, 0.4) is 0 Å². The highest BCUT2D eigenvalue weighted by Crippen LogP contribution is 2.28. The van der Waals surface area contributed by atoms with E-state index < -0.39 is 11.9 Å². The van der Waals surface area contributed by atoms with Gasteiger partial charge in [0.25, 0.3) is 0 Å². The number of aryl methyl sites for hydroxylation is 1. The number of rotatable bonds is 5. The van der Waals surface area contributed by atoms with Crippen LogP contribution in [0.1, 0.15) is 12.1 Å². The minimum atomic E-state index is -4.42. The van der Waals surface area contributed by atoms with E-state index in [1.54, 1.807) is 17.1 Å². The maximum absolute atomic E-state index is 12.4. The Morgan fingerprint density at radius 1 is 1.26 bits per heavy atom. The predicted octanol–water partition coefficient (Wildman–Crippen LogP) is 2.19. The van der Waals surface area contributed by atoms with Crippen LogP contribution in [-0.4, -0.2) is 26.5 Å². The molecule has 1 N–H and O–H groups in total. The Morgan fingerprint density at radius 3 is 2.79 bits per heavy atom. The molecule has 2 rings (SSSR count). The molecule has 5 nitrogen and oxygen atoms in total. The van der Waals surface area contributed by atoms with Crippen molar-refractivity contribution in [3.05, 3.63) is 36.3 Å². The minimum absolute atomic E-state index is 0.216. The molecule has 0 fully saturated rings. The van der Waals surface area contributed by atoms with Gasteiger partial charge in [-0.05, 0) is 18.6 Å². The third-order valence-electron chi connectivity index (χ3n) is 2.38. The largest absolute Gasteiger partial charge is 0.433 e. The summed E-state index contributed by atoms with van der Waals surface area (Å²) in [6.45, 7) is 1.15. The van der Waals surface area contributed by atoms with E-state index in [1.807, 2.05) is 0 Å². The van der Waals surface area contributed by atoms with E-state index in [9.17, 15) is 13.2 Å². The lowest BCUT2D eigenvalue weighted by Crippen LogP contribution is -2.12. The highest BCUT2D eigenvalue weighted by molar-refractivity contribution is 5.35. The Bertz CT molecular complexity index is 509. The lowest BCUT2D eigenvalue weighted by atomic mass is 10.3. The van der Waals surface area contributed by atoms with Crippen molar-refractivity contribution in [3.63, 3.8) is 0 Å². The molecule has 0 amide bonds. The third kappa shape index (κ3) is 3.94. The van der Waals surface area contributed by atoms with E-state index in [0.29, 0.717) is 19.5 Å². The number of pyridine rings is 1. The quantitative estimate of drug-likeness (QED) is 0.847. The minimum Gasteiger partial charge on any atom is -0.370 e. The summed E-state index contributed by atoms with van der Waals surface area (Å²) < 4.78 is 39.0. The third-order valence-corrected chi connectivity index (χ3v) is 2.38. The first-order valence-corrected chi connectivity index (χ1v) is 5.68. The van der Waals surface area contributed by atoms with Crippen LogP contribution in [-0.2, 0) is 12.7 Å². The molecule has 0 radical (unpaired) electrons. The van der Waals surface area contributed by atoms with Gasteiger partial charge in [0.2, 0.25) is 0 Å². The van der Waals surface area contributed by atoms with Crippen molar-refractivity contribution in [3.8, 4) is 0 Å². The summed E-state index contributed by atoms with van der Waals surface area (Å²) in [7, 11) is 0. The second-order valence-electron chi connectivity index (χ2n) is 3.85. The first-order chi connectivity index (χ1) is 9.05. The first kappa shape index (κ1) is 13.3. The molecule has 0 atom stereocenters. The number of anilines is 1. The van der Waals surface area contributed by atoms with Gasteiger partial charge >= 0.3 is 6.18 Å². The number of nitrogens with one attached hydrogen (secondary N) is 1. The maximum Gasteiger partial charge on any atom is 0.433 e. The molecule has 0 saturated carbocycles. The van der Waals surface area contributed by atoms with Crippen molar-refractivity contribution in [1.29, 1.82) is 0 Å². The fourth-order valence-electron chi connectivity index (χ4n) is 1.50. The second kappa shape index (κ2) is 5.68. The number of hydrogen-bond donors (Lipinski definition) is 1. The van der Waals surface area contributed by atoms with Gasteiger partial charge in [0.1, 0.15) is 11.5 Å². The van der Waals surface area contributed by atoms with E-state index in [2.05, 4.69) is 20.6 Å². The van der Waals surface area contributed by atoms with E-state index in [-0.39, 0.29) is 5.82 Å². The molecule has 2 aromatic rings. The summed E-state index contributed by atoms with van der Waals surface area (Å²) in [6, 6.07) is 3.78. The molecule has 19 heavy (non-hydrogen) atoms. The monoisotopic (exact) mass is 271 g/mol. The zero-order valence-corrected chi connectivity index (χ0v) is 9.93. The average molecular weight is 271 g/mol. The molecular formula is C11H12F3N5. The van der Waals surface area contributed by atoms with E-state index in [1.165, 1.54) is 12.1 Å². The van der Waals surface area contributed by atoms with Gasteiger partial charge in [-0.2, -0.15) is 13.2 Å². The van der Waals surface area contributed by atoms with Crippen molar-refractivity contribution >= 4 is 5.82 Å². The molecule has 0 aliphatic rings. The zero-order valence-electron chi connectivity index (χ0n) is 9.93. The summed E-state index contributed by atoms with van der Waals surface area (Å²) in [5.74, 6) is 0.216. The van der Waals surface area contributed by atoms with E-state index >= 15 is 0 Å². The summed E-state index contributed by atoms with van der Waals surface area (Å²) in [5, 5.41) is 10.3. The maximum atomic E-state index is 12.4. The fraction of sp³-hybridized carbons (Fsp3) is 0.364. The van der Waals surface area contributed by atoms with Crippen LogP contribution >= 0.6 is 0 Å². The van der Waals surface area contributed by atoms with Crippen LogP contribution in [0, 0.1) is 0 Å². The van der Waals surface area contributed by atoms with Crippen molar-refractivity contribution in [2.75, 3.05) is 11.9 Å². The highest BCUT2D eigenvalue weighted by Gasteiger charge is 2.32. The fourth-order valence-corrected chi connectivity index (χ4v) is 1.50. The molecule has 0 unspecified atom stereocenters. The number of aromatic nitrogens is 4. The van der Waals surface area contributed by atoms with Gasteiger partial charge in [-0.1, -0.05) is 11.3 Å². The molecular weight excluding hydrogens is 259 g/mol. The standard InChI is InChI=1S/C11H12F3N5/c12-11(13,14)9-3-1-4-10(17-9)15-5-2-7-19-8-6-16-18-19/h1,3-4,6,8H,2,5,7H2,(H,15,17). The SMILES string of the molecule is FC(F)(F)c1cccc(NCCCn2ccnn2)n1. The van der Waals surface area contributed by atoms with Gasteiger partial charge in [-0.3, -0.25) is 4.68 Å². The summed E-state index contributed by atoms with van der Waals surface area (Å²) in [6.07, 6.45) is -0.413. The normalized spacial score (nSPS) is 11.5. The van der Waals surface area contributed by atoms with Gasteiger partial charge in [0.15, 0.2) is 0 Å². The number of halogens is 3. The lowest BCUT2D eigenvalue weighted by molar-refractivity contribution is -0.141. The number of nitrogens with zero attached hydrogens (tertiary/aromatic N) is 4. The molecule has 2 aromatic heterocycles. The van der Waals surface area contributed by atoms with Gasteiger partial charge in [-0.15, -0.1) is 5.10 Å². The Kier molecular flexibility index (Phi) is 3.98. The van der Waals surface area contributed by atoms with Crippen LogP contribution in [0.4, 0.5) is 19.0 Å². The van der Waals surface area contributed by atoms with Gasteiger partial charge in [0, 0.05) is 19.3 Å². The molecule has 0 saturated heterocycles. The zero-order chi connectivity index (χ0) is 13.7.